The van der Waals surface area contributed by atoms with Gasteiger partial charge >= 0.3 is 0 Å². The van der Waals surface area contributed by atoms with Gasteiger partial charge in [0, 0.05) is 30.9 Å². The highest BCUT2D eigenvalue weighted by Crippen LogP contribution is 2.30. The van der Waals surface area contributed by atoms with E-state index in [1.807, 2.05) is 0 Å². The molecule has 1 aromatic rings. The first-order valence-electron chi connectivity index (χ1n) is 6.89. The van der Waals surface area contributed by atoms with Gasteiger partial charge in [-0.05, 0) is 38.6 Å². The second-order valence-electron chi connectivity index (χ2n) is 5.43. The highest BCUT2D eigenvalue weighted by molar-refractivity contribution is 5.55. The van der Waals surface area contributed by atoms with Crippen molar-refractivity contribution in [3.05, 3.63) is 29.8 Å². The first-order chi connectivity index (χ1) is 8.63. The lowest BCUT2D eigenvalue weighted by atomic mass is 10.0. The minimum Gasteiger partial charge on any atom is -0.370 e. The summed E-state index contributed by atoms with van der Waals surface area (Å²) in [5, 5.41) is 0. The second-order valence-corrected chi connectivity index (χ2v) is 5.43. The molecule has 3 heteroatoms. The summed E-state index contributed by atoms with van der Waals surface area (Å²) >= 11 is 0. The van der Waals surface area contributed by atoms with Gasteiger partial charge in [-0.3, -0.25) is 0 Å². The van der Waals surface area contributed by atoms with Crippen LogP contribution in [0.2, 0.25) is 0 Å². The van der Waals surface area contributed by atoms with Gasteiger partial charge in [-0.25, -0.2) is 0 Å². The molecule has 0 amide bonds. The van der Waals surface area contributed by atoms with E-state index in [0.29, 0.717) is 6.04 Å². The van der Waals surface area contributed by atoms with Crippen LogP contribution in [0.3, 0.4) is 0 Å². The maximum atomic E-state index is 6.22. The van der Waals surface area contributed by atoms with Crippen molar-refractivity contribution in [2.45, 2.75) is 31.8 Å². The molecule has 1 aliphatic rings. The molecule has 1 heterocycles. The SMILES string of the molecule is CCC(N)c1ccccc1N1CCC(N(C)C)C1. The van der Waals surface area contributed by atoms with Crippen molar-refractivity contribution in [1.29, 1.82) is 0 Å². The second kappa shape index (κ2) is 5.72. The van der Waals surface area contributed by atoms with E-state index in [2.05, 4.69) is 55.1 Å². The van der Waals surface area contributed by atoms with E-state index in [0.717, 1.165) is 19.5 Å². The van der Waals surface area contributed by atoms with Gasteiger partial charge in [0.1, 0.15) is 0 Å². The van der Waals surface area contributed by atoms with Crippen molar-refractivity contribution in [2.75, 3.05) is 32.1 Å². The van der Waals surface area contributed by atoms with Gasteiger partial charge in [-0.1, -0.05) is 25.1 Å². The Balaban J connectivity index is 2.19. The topological polar surface area (TPSA) is 32.5 Å². The van der Waals surface area contributed by atoms with Gasteiger partial charge in [0.05, 0.1) is 0 Å². The molecule has 0 bridgehead atoms. The predicted molar refractivity (Wildman–Crippen MR) is 78.0 cm³/mol. The van der Waals surface area contributed by atoms with Crippen LogP contribution in [-0.4, -0.2) is 38.1 Å². The quantitative estimate of drug-likeness (QED) is 0.885. The van der Waals surface area contributed by atoms with Gasteiger partial charge in [-0.2, -0.15) is 0 Å². The molecular weight excluding hydrogens is 222 g/mol. The van der Waals surface area contributed by atoms with Crippen LogP contribution in [0.25, 0.3) is 0 Å². The van der Waals surface area contributed by atoms with Crippen LogP contribution in [0.4, 0.5) is 5.69 Å². The first-order valence-corrected chi connectivity index (χ1v) is 6.89. The Morgan fingerprint density at radius 3 is 2.72 bits per heavy atom. The number of hydrogen-bond donors (Lipinski definition) is 1. The molecule has 0 aliphatic carbocycles. The van der Waals surface area contributed by atoms with Crippen molar-refractivity contribution in [1.82, 2.24) is 4.90 Å². The van der Waals surface area contributed by atoms with E-state index < -0.39 is 0 Å². The van der Waals surface area contributed by atoms with E-state index in [1.165, 1.54) is 17.7 Å². The van der Waals surface area contributed by atoms with Gasteiger partial charge in [-0.15, -0.1) is 0 Å². The molecule has 1 aliphatic heterocycles. The van der Waals surface area contributed by atoms with Gasteiger partial charge in [0.25, 0.3) is 0 Å². The predicted octanol–water partition coefficient (Wildman–Crippen LogP) is 2.24. The van der Waals surface area contributed by atoms with Gasteiger partial charge in [0.15, 0.2) is 0 Å². The maximum absolute atomic E-state index is 6.22. The van der Waals surface area contributed by atoms with Crippen LogP contribution in [-0.2, 0) is 0 Å². The zero-order valence-electron chi connectivity index (χ0n) is 11.8. The minimum atomic E-state index is 0.152. The molecule has 1 aromatic carbocycles. The van der Waals surface area contributed by atoms with E-state index >= 15 is 0 Å². The summed E-state index contributed by atoms with van der Waals surface area (Å²) < 4.78 is 0. The summed E-state index contributed by atoms with van der Waals surface area (Å²) in [5.41, 5.74) is 8.84. The Bertz CT molecular complexity index is 389. The number of para-hydroxylation sites is 1. The van der Waals surface area contributed by atoms with Crippen molar-refractivity contribution in [2.24, 2.45) is 5.73 Å². The average molecular weight is 247 g/mol. The van der Waals surface area contributed by atoms with Crippen molar-refractivity contribution >= 4 is 5.69 Å². The van der Waals surface area contributed by atoms with Crippen LogP contribution >= 0.6 is 0 Å². The maximum Gasteiger partial charge on any atom is 0.0415 e. The summed E-state index contributed by atoms with van der Waals surface area (Å²) in [6, 6.07) is 9.41. The van der Waals surface area contributed by atoms with E-state index in [9.17, 15) is 0 Å². The molecule has 1 saturated heterocycles. The molecule has 2 unspecified atom stereocenters. The molecule has 1 fully saturated rings. The molecule has 100 valence electrons. The number of benzene rings is 1. The number of rotatable bonds is 4. The van der Waals surface area contributed by atoms with Crippen molar-refractivity contribution < 1.29 is 0 Å². The lowest BCUT2D eigenvalue weighted by Crippen LogP contribution is -2.32. The standard InChI is InChI=1S/C15H25N3/c1-4-14(16)13-7-5-6-8-15(13)18-10-9-12(11-18)17(2)3/h5-8,12,14H,4,9-11,16H2,1-3H3. The Labute approximate surface area is 111 Å². The van der Waals surface area contributed by atoms with Crippen LogP contribution in [0.5, 0.6) is 0 Å². The summed E-state index contributed by atoms with van der Waals surface area (Å²) in [7, 11) is 4.33. The number of likely N-dealkylation sites (N-methyl/N-ethyl adjacent to an activating group) is 1. The van der Waals surface area contributed by atoms with Crippen LogP contribution < -0.4 is 10.6 Å². The molecule has 0 radical (unpaired) electrons. The summed E-state index contributed by atoms with van der Waals surface area (Å²) in [4.78, 5) is 4.80. The highest BCUT2D eigenvalue weighted by Gasteiger charge is 2.26. The van der Waals surface area contributed by atoms with E-state index in [-0.39, 0.29) is 6.04 Å². The number of nitrogens with two attached hydrogens (primary N) is 1. The highest BCUT2D eigenvalue weighted by atomic mass is 15.2. The van der Waals surface area contributed by atoms with Gasteiger partial charge < -0.3 is 15.5 Å². The summed E-state index contributed by atoms with van der Waals surface area (Å²) in [6.07, 6.45) is 2.23. The monoisotopic (exact) mass is 247 g/mol. The molecule has 18 heavy (non-hydrogen) atoms. The fourth-order valence-electron chi connectivity index (χ4n) is 2.69. The van der Waals surface area contributed by atoms with Gasteiger partial charge in [0.2, 0.25) is 0 Å². The molecule has 0 aromatic heterocycles. The number of hydrogen-bond acceptors (Lipinski definition) is 3. The van der Waals surface area contributed by atoms with Crippen LogP contribution in [0, 0.1) is 0 Å². The normalized spacial score (nSPS) is 21.6. The Morgan fingerprint density at radius 1 is 1.39 bits per heavy atom. The Morgan fingerprint density at radius 2 is 2.11 bits per heavy atom. The Hall–Kier alpha value is -1.06. The Kier molecular flexibility index (Phi) is 4.25. The molecule has 2 atom stereocenters. The molecule has 0 saturated carbocycles. The van der Waals surface area contributed by atoms with E-state index in [4.69, 9.17) is 5.73 Å². The number of nitrogens with zero attached hydrogens (tertiary/aromatic N) is 2. The minimum absolute atomic E-state index is 0.152. The van der Waals surface area contributed by atoms with Crippen LogP contribution in [0.15, 0.2) is 24.3 Å². The zero-order valence-corrected chi connectivity index (χ0v) is 11.8. The molecule has 0 spiro atoms. The lowest BCUT2D eigenvalue weighted by molar-refractivity contribution is 0.315. The fraction of sp³-hybridized carbons (Fsp3) is 0.600. The van der Waals surface area contributed by atoms with E-state index in [1.54, 1.807) is 0 Å². The first kappa shape index (κ1) is 13.4. The molecule has 3 nitrogen and oxygen atoms in total. The molecular formula is C15H25N3. The lowest BCUT2D eigenvalue weighted by Gasteiger charge is -2.25. The summed E-state index contributed by atoms with van der Waals surface area (Å²) in [6.45, 7) is 4.39. The average Bonchev–Trinajstić information content (AvgIpc) is 2.87. The van der Waals surface area contributed by atoms with Crippen molar-refractivity contribution in [3.63, 3.8) is 0 Å². The molecule has 2 rings (SSSR count). The zero-order chi connectivity index (χ0) is 13.1. The van der Waals surface area contributed by atoms with Crippen molar-refractivity contribution in [3.8, 4) is 0 Å². The fourth-order valence-corrected chi connectivity index (χ4v) is 2.69. The third-order valence-electron chi connectivity index (χ3n) is 4.01. The molecule has 2 N–H and O–H groups in total. The third kappa shape index (κ3) is 2.68. The third-order valence-corrected chi connectivity index (χ3v) is 4.01. The van der Waals surface area contributed by atoms with Crippen LogP contribution in [0.1, 0.15) is 31.4 Å². The smallest absolute Gasteiger partial charge is 0.0415 e. The summed E-state index contributed by atoms with van der Waals surface area (Å²) in [5.74, 6) is 0. The largest absolute Gasteiger partial charge is 0.370 e. The number of anilines is 1.